The first kappa shape index (κ1) is 14.3. The van der Waals surface area contributed by atoms with Crippen LogP contribution in [0.1, 0.15) is 17.7 Å². The lowest BCUT2D eigenvalue weighted by molar-refractivity contribution is 0.744. The first-order valence-corrected chi connectivity index (χ1v) is 7.96. The van der Waals surface area contributed by atoms with Crippen LogP contribution < -0.4 is 10.2 Å². The summed E-state index contributed by atoms with van der Waals surface area (Å²) in [5.74, 6) is 1.60. The Kier molecular flexibility index (Phi) is 3.85. The number of benzene rings is 1. The van der Waals surface area contributed by atoms with E-state index in [4.69, 9.17) is 0 Å². The Morgan fingerprint density at radius 1 is 1.29 bits per heavy atom. The molecule has 0 fully saturated rings. The van der Waals surface area contributed by atoms with E-state index in [-0.39, 0.29) is 0 Å². The molecule has 0 radical (unpaired) electrons. The zero-order chi connectivity index (χ0) is 15.0. The van der Waals surface area contributed by atoms with Crippen LogP contribution in [0, 0.1) is 6.92 Å². The van der Waals surface area contributed by atoms with Crippen molar-refractivity contribution in [3.63, 3.8) is 0 Å². The molecule has 0 saturated heterocycles. The van der Waals surface area contributed by atoms with Crippen molar-refractivity contribution in [2.75, 3.05) is 30.9 Å². The highest BCUT2D eigenvalue weighted by molar-refractivity contribution is 9.10. The van der Waals surface area contributed by atoms with Gasteiger partial charge in [0.15, 0.2) is 5.82 Å². The van der Waals surface area contributed by atoms with E-state index in [0.717, 1.165) is 40.3 Å². The Morgan fingerprint density at radius 3 is 2.86 bits per heavy atom. The minimum atomic E-state index is 0.774. The molecule has 0 atom stereocenters. The molecule has 0 bridgehead atoms. The van der Waals surface area contributed by atoms with Crippen molar-refractivity contribution in [2.24, 2.45) is 0 Å². The summed E-state index contributed by atoms with van der Waals surface area (Å²) < 4.78 is 0.923. The van der Waals surface area contributed by atoms with E-state index < -0.39 is 0 Å². The van der Waals surface area contributed by atoms with Gasteiger partial charge >= 0.3 is 0 Å². The van der Waals surface area contributed by atoms with Crippen LogP contribution in [-0.4, -0.2) is 30.6 Å². The highest BCUT2D eigenvalue weighted by Gasteiger charge is 2.16. The third-order valence-corrected chi connectivity index (χ3v) is 4.89. The van der Waals surface area contributed by atoms with Gasteiger partial charge in [0, 0.05) is 31.9 Å². The third kappa shape index (κ3) is 2.62. The molecule has 0 amide bonds. The average Bonchev–Trinajstić information content (AvgIpc) is 2.50. The molecule has 1 aromatic heterocycles. The lowest BCUT2D eigenvalue weighted by atomic mass is 9.99. The van der Waals surface area contributed by atoms with Crippen LogP contribution in [0.25, 0.3) is 11.4 Å². The van der Waals surface area contributed by atoms with Gasteiger partial charge in [-0.2, -0.15) is 0 Å². The summed E-state index contributed by atoms with van der Waals surface area (Å²) in [5.41, 5.74) is 4.74. The minimum Gasteiger partial charge on any atom is -0.374 e. The maximum absolute atomic E-state index is 4.61. The smallest absolute Gasteiger partial charge is 0.161 e. The zero-order valence-corrected chi connectivity index (χ0v) is 14.2. The fraction of sp³-hybridized carbons (Fsp3) is 0.375. The number of hydrogen-bond acceptors (Lipinski definition) is 4. The van der Waals surface area contributed by atoms with Crippen LogP contribution >= 0.6 is 15.9 Å². The van der Waals surface area contributed by atoms with E-state index in [9.17, 15) is 0 Å². The van der Waals surface area contributed by atoms with Crippen LogP contribution in [-0.2, 0) is 6.42 Å². The number of fused-ring (bicyclic) bond motifs is 1. The summed E-state index contributed by atoms with van der Waals surface area (Å²) in [6.45, 7) is 3.12. The molecular weight excluding hydrogens is 328 g/mol. The normalized spacial score (nSPS) is 14.0. The first-order chi connectivity index (χ1) is 10.1. The molecule has 0 aliphatic carbocycles. The number of nitrogens with zero attached hydrogens (tertiary/aromatic N) is 3. The van der Waals surface area contributed by atoms with Crippen molar-refractivity contribution in [1.29, 1.82) is 0 Å². The maximum atomic E-state index is 4.61. The summed E-state index contributed by atoms with van der Waals surface area (Å²) in [6, 6.07) is 6.53. The lowest BCUT2D eigenvalue weighted by Crippen LogP contribution is -2.24. The number of rotatable bonds is 2. The second kappa shape index (κ2) is 5.64. The summed E-state index contributed by atoms with van der Waals surface area (Å²) in [7, 11) is 4.02. The van der Waals surface area contributed by atoms with Crippen molar-refractivity contribution in [1.82, 2.24) is 9.97 Å². The maximum Gasteiger partial charge on any atom is 0.161 e. The molecule has 4 nitrogen and oxygen atoms in total. The molecule has 3 rings (SSSR count). The number of halogens is 1. The third-order valence-electron chi connectivity index (χ3n) is 3.94. The molecular formula is C16H19BrN4. The van der Waals surface area contributed by atoms with Gasteiger partial charge in [-0.05, 0) is 59.5 Å². The van der Waals surface area contributed by atoms with Crippen LogP contribution in [0.4, 0.5) is 11.5 Å². The Hall–Kier alpha value is -1.62. The van der Waals surface area contributed by atoms with Gasteiger partial charge in [0.05, 0.1) is 10.2 Å². The SMILES string of the molecule is CNc1nc(-c2ccc3c(c2)CCCN3C)nc(C)c1Br. The van der Waals surface area contributed by atoms with Crippen molar-refractivity contribution in [3.8, 4) is 11.4 Å². The largest absolute Gasteiger partial charge is 0.374 e. The molecule has 2 heterocycles. The van der Waals surface area contributed by atoms with Crippen LogP contribution in [0.15, 0.2) is 22.7 Å². The number of anilines is 2. The second-order valence-electron chi connectivity index (χ2n) is 5.41. The Labute approximate surface area is 133 Å². The summed E-state index contributed by atoms with van der Waals surface area (Å²) >= 11 is 3.52. The molecule has 21 heavy (non-hydrogen) atoms. The fourth-order valence-electron chi connectivity index (χ4n) is 2.78. The molecule has 1 aliphatic rings. The molecule has 0 unspecified atom stereocenters. The number of aromatic nitrogens is 2. The Bertz CT molecular complexity index is 684. The molecule has 1 N–H and O–H groups in total. The average molecular weight is 347 g/mol. The van der Waals surface area contributed by atoms with Crippen LogP contribution in [0.3, 0.4) is 0 Å². The van der Waals surface area contributed by atoms with E-state index in [1.54, 1.807) is 0 Å². The van der Waals surface area contributed by atoms with Gasteiger partial charge < -0.3 is 10.2 Å². The summed E-state index contributed by atoms with van der Waals surface area (Å²) in [4.78, 5) is 11.5. The Morgan fingerprint density at radius 2 is 2.10 bits per heavy atom. The van der Waals surface area contributed by atoms with E-state index in [1.807, 2.05) is 14.0 Å². The van der Waals surface area contributed by atoms with Crippen LogP contribution in [0.5, 0.6) is 0 Å². The van der Waals surface area contributed by atoms with E-state index >= 15 is 0 Å². The Balaban J connectivity index is 2.07. The first-order valence-electron chi connectivity index (χ1n) is 7.16. The van der Waals surface area contributed by atoms with Gasteiger partial charge in [0.2, 0.25) is 0 Å². The minimum absolute atomic E-state index is 0.774. The van der Waals surface area contributed by atoms with Gasteiger partial charge in [-0.1, -0.05) is 0 Å². The van der Waals surface area contributed by atoms with Gasteiger partial charge in [-0.25, -0.2) is 9.97 Å². The molecule has 1 aromatic carbocycles. The summed E-state index contributed by atoms with van der Waals surface area (Å²) in [6.07, 6.45) is 2.33. The second-order valence-corrected chi connectivity index (χ2v) is 6.21. The van der Waals surface area contributed by atoms with Crippen molar-refractivity contribution >= 4 is 27.4 Å². The standard InChI is InChI=1S/C16H19BrN4/c1-10-14(17)16(18-2)20-15(19-10)12-6-7-13-11(9-12)5-4-8-21(13)3/h6-7,9H,4-5,8H2,1-3H3,(H,18,19,20). The quantitative estimate of drug-likeness (QED) is 0.901. The fourth-order valence-corrected chi connectivity index (χ4v) is 3.15. The van der Waals surface area contributed by atoms with Gasteiger partial charge in [0.1, 0.15) is 5.82 Å². The highest BCUT2D eigenvalue weighted by atomic mass is 79.9. The van der Waals surface area contributed by atoms with Crippen molar-refractivity contribution < 1.29 is 0 Å². The van der Waals surface area contributed by atoms with E-state index in [0.29, 0.717) is 0 Å². The molecule has 110 valence electrons. The van der Waals surface area contributed by atoms with Crippen LogP contribution in [0.2, 0.25) is 0 Å². The monoisotopic (exact) mass is 346 g/mol. The van der Waals surface area contributed by atoms with Gasteiger partial charge in [-0.15, -0.1) is 0 Å². The number of aryl methyl sites for hydroxylation is 2. The number of hydrogen-bond donors (Lipinski definition) is 1. The molecule has 5 heteroatoms. The lowest BCUT2D eigenvalue weighted by Gasteiger charge is -2.27. The number of nitrogens with one attached hydrogen (secondary N) is 1. The van der Waals surface area contributed by atoms with Gasteiger partial charge in [0.25, 0.3) is 0 Å². The zero-order valence-electron chi connectivity index (χ0n) is 12.6. The van der Waals surface area contributed by atoms with Crippen molar-refractivity contribution in [3.05, 3.63) is 33.9 Å². The molecule has 0 spiro atoms. The predicted octanol–water partition coefficient (Wildman–Crippen LogP) is 3.64. The molecule has 1 aliphatic heterocycles. The topological polar surface area (TPSA) is 41.1 Å². The van der Waals surface area contributed by atoms with E-state index in [2.05, 4.69) is 61.4 Å². The van der Waals surface area contributed by atoms with E-state index in [1.165, 1.54) is 17.7 Å². The molecule has 0 saturated carbocycles. The van der Waals surface area contributed by atoms with Crippen molar-refractivity contribution in [2.45, 2.75) is 19.8 Å². The molecule has 2 aromatic rings. The van der Waals surface area contributed by atoms with Gasteiger partial charge in [-0.3, -0.25) is 0 Å². The predicted molar refractivity (Wildman–Crippen MR) is 91.0 cm³/mol. The summed E-state index contributed by atoms with van der Waals surface area (Å²) in [5, 5.41) is 3.11. The highest BCUT2D eigenvalue weighted by Crippen LogP contribution is 2.31.